The van der Waals surface area contributed by atoms with E-state index in [1.54, 1.807) is 18.9 Å². The molecule has 0 radical (unpaired) electrons. The summed E-state index contributed by atoms with van der Waals surface area (Å²) in [6.07, 6.45) is -3.50. The minimum absolute atomic E-state index is 0.0290. The monoisotopic (exact) mass is 265 g/mol. The zero-order valence-corrected chi connectivity index (χ0v) is 11.3. The smallest absolute Gasteiger partial charge is 0.306 e. The number of rotatable bonds is 8. The summed E-state index contributed by atoms with van der Waals surface area (Å²) < 4.78 is 36.1. The zero-order chi connectivity index (χ0) is 14.2. The molecule has 1 atom stereocenters. The predicted octanol–water partition coefficient (Wildman–Crippen LogP) is 2.54. The van der Waals surface area contributed by atoms with Crippen LogP contribution in [0.1, 0.15) is 33.1 Å². The Kier molecular flexibility index (Phi) is 7.26. The Labute approximate surface area is 107 Å². The first-order chi connectivity index (χ1) is 8.22. The summed E-state index contributed by atoms with van der Waals surface area (Å²) in [5.74, 6) is 0. The van der Waals surface area contributed by atoms with Gasteiger partial charge >= 0.3 is 6.18 Å². The fourth-order valence-corrected chi connectivity index (χ4v) is 1.43. The molecule has 0 aromatic heterocycles. The Morgan fingerprint density at radius 1 is 1.22 bits per heavy atom. The fourth-order valence-electron chi connectivity index (χ4n) is 1.43. The normalized spacial score (nSPS) is 15.4. The van der Waals surface area contributed by atoms with Crippen molar-refractivity contribution in [1.29, 1.82) is 5.26 Å². The third-order valence-electron chi connectivity index (χ3n) is 2.78. The fraction of sp³-hybridized carbons (Fsp3) is 0.917. The van der Waals surface area contributed by atoms with Crippen LogP contribution >= 0.6 is 0 Å². The molecule has 0 heterocycles. The lowest BCUT2D eigenvalue weighted by molar-refractivity contribution is -0.137. The SMILES string of the molecule is CCCNC(C)(C#N)CCN(C)CCC(F)(F)F. The Bertz CT molecular complexity index is 273. The Morgan fingerprint density at radius 3 is 2.22 bits per heavy atom. The summed E-state index contributed by atoms with van der Waals surface area (Å²) in [4.78, 5) is 1.61. The second-order valence-corrected chi connectivity index (χ2v) is 4.79. The molecule has 1 N–H and O–H groups in total. The molecule has 0 aliphatic carbocycles. The number of halogens is 3. The molecule has 0 aromatic rings. The van der Waals surface area contributed by atoms with Gasteiger partial charge in [-0.1, -0.05) is 6.92 Å². The molecule has 0 spiro atoms. The van der Waals surface area contributed by atoms with Crippen LogP contribution in [0.15, 0.2) is 0 Å². The first-order valence-corrected chi connectivity index (χ1v) is 6.14. The van der Waals surface area contributed by atoms with Gasteiger partial charge in [-0.25, -0.2) is 0 Å². The van der Waals surface area contributed by atoms with E-state index in [1.807, 2.05) is 6.92 Å². The average molecular weight is 265 g/mol. The van der Waals surface area contributed by atoms with Crippen LogP contribution in [-0.2, 0) is 0 Å². The van der Waals surface area contributed by atoms with Crippen molar-refractivity contribution in [3.8, 4) is 6.07 Å². The molecule has 0 saturated heterocycles. The first-order valence-electron chi connectivity index (χ1n) is 6.14. The van der Waals surface area contributed by atoms with Gasteiger partial charge in [0.15, 0.2) is 0 Å². The van der Waals surface area contributed by atoms with E-state index in [9.17, 15) is 13.2 Å². The van der Waals surface area contributed by atoms with Gasteiger partial charge in [-0.3, -0.25) is 5.32 Å². The molecule has 0 rings (SSSR count). The van der Waals surface area contributed by atoms with E-state index in [0.717, 1.165) is 13.0 Å². The molecule has 0 amide bonds. The minimum Gasteiger partial charge on any atom is -0.306 e. The lowest BCUT2D eigenvalue weighted by Crippen LogP contribution is -2.44. The van der Waals surface area contributed by atoms with Gasteiger partial charge in [0.05, 0.1) is 12.5 Å². The number of nitrogens with one attached hydrogen (secondary N) is 1. The van der Waals surface area contributed by atoms with Crippen LogP contribution in [0, 0.1) is 11.3 Å². The van der Waals surface area contributed by atoms with E-state index < -0.39 is 18.1 Å². The lowest BCUT2D eigenvalue weighted by Gasteiger charge is -2.26. The van der Waals surface area contributed by atoms with Crippen molar-refractivity contribution < 1.29 is 13.2 Å². The van der Waals surface area contributed by atoms with Crippen LogP contribution in [0.2, 0.25) is 0 Å². The van der Waals surface area contributed by atoms with E-state index in [4.69, 9.17) is 5.26 Å². The van der Waals surface area contributed by atoms with Crippen LogP contribution in [-0.4, -0.2) is 43.3 Å². The highest BCUT2D eigenvalue weighted by molar-refractivity contribution is 5.03. The predicted molar refractivity (Wildman–Crippen MR) is 65.1 cm³/mol. The van der Waals surface area contributed by atoms with Crippen LogP contribution < -0.4 is 5.32 Å². The van der Waals surface area contributed by atoms with Gasteiger partial charge in [0.1, 0.15) is 5.54 Å². The number of hydrogen-bond acceptors (Lipinski definition) is 3. The summed E-state index contributed by atoms with van der Waals surface area (Å²) in [5.41, 5.74) is -0.664. The Balaban J connectivity index is 4.02. The highest BCUT2D eigenvalue weighted by Crippen LogP contribution is 2.19. The summed E-state index contributed by atoms with van der Waals surface area (Å²) in [6.45, 7) is 4.95. The van der Waals surface area contributed by atoms with Crippen molar-refractivity contribution in [2.45, 2.75) is 44.8 Å². The quantitative estimate of drug-likeness (QED) is 0.733. The van der Waals surface area contributed by atoms with Crippen LogP contribution in [0.4, 0.5) is 13.2 Å². The van der Waals surface area contributed by atoms with Gasteiger partial charge in [-0.2, -0.15) is 18.4 Å². The van der Waals surface area contributed by atoms with E-state index in [-0.39, 0.29) is 6.54 Å². The maximum absolute atomic E-state index is 12.0. The molecule has 106 valence electrons. The van der Waals surface area contributed by atoms with Crippen LogP contribution in [0.25, 0.3) is 0 Å². The van der Waals surface area contributed by atoms with E-state index in [1.165, 1.54) is 0 Å². The number of hydrogen-bond donors (Lipinski definition) is 1. The number of alkyl halides is 3. The average Bonchev–Trinajstić information content (AvgIpc) is 2.30. The summed E-state index contributed by atoms with van der Waals surface area (Å²) >= 11 is 0. The largest absolute Gasteiger partial charge is 0.390 e. The van der Waals surface area contributed by atoms with Gasteiger partial charge in [-0.05, 0) is 33.4 Å². The molecule has 0 aliphatic rings. The zero-order valence-electron chi connectivity index (χ0n) is 11.3. The van der Waals surface area contributed by atoms with Gasteiger partial charge in [0.25, 0.3) is 0 Å². The topological polar surface area (TPSA) is 39.1 Å². The third kappa shape index (κ3) is 8.31. The van der Waals surface area contributed by atoms with Gasteiger partial charge in [-0.15, -0.1) is 0 Å². The molecular formula is C12H22F3N3. The lowest BCUT2D eigenvalue weighted by atomic mass is 9.99. The van der Waals surface area contributed by atoms with Crippen molar-refractivity contribution in [2.75, 3.05) is 26.7 Å². The molecule has 1 unspecified atom stereocenters. The highest BCUT2D eigenvalue weighted by atomic mass is 19.4. The maximum atomic E-state index is 12.0. The van der Waals surface area contributed by atoms with E-state index in [0.29, 0.717) is 13.0 Å². The molecule has 3 nitrogen and oxygen atoms in total. The van der Waals surface area contributed by atoms with Crippen molar-refractivity contribution in [2.24, 2.45) is 0 Å². The molecule has 0 aromatic carbocycles. The van der Waals surface area contributed by atoms with Crippen molar-refractivity contribution in [3.05, 3.63) is 0 Å². The first kappa shape index (κ1) is 17.2. The summed E-state index contributed by atoms with van der Waals surface area (Å²) in [5, 5.41) is 12.2. The minimum atomic E-state index is -4.12. The Morgan fingerprint density at radius 2 is 1.78 bits per heavy atom. The molecule has 0 fully saturated rings. The molecule has 0 saturated carbocycles. The maximum Gasteiger partial charge on any atom is 0.390 e. The van der Waals surface area contributed by atoms with Crippen molar-refractivity contribution >= 4 is 0 Å². The van der Waals surface area contributed by atoms with Crippen LogP contribution in [0.5, 0.6) is 0 Å². The van der Waals surface area contributed by atoms with Crippen molar-refractivity contribution in [1.82, 2.24) is 10.2 Å². The molecule has 0 aliphatic heterocycles. The molecule has 6 heteroatoms. The molecule has 18 heavy (non-hydrogen) atoms. The van der Waals surface area contributed by atoms with Crippen molar-refractivity contribution in [3.63, 3.8) is 0 Å². The summed E-state index contributed by atoms with van der Waals surface area (Å²) in [6, 6.07) is 2.18. The van der Waals surface area contributed by atoms with E-state index in [2.05, 4.69) is 11.4 Å². The van der Waals surface area contributed by atoms with Gasteiger partial charge in [0, 0.05) is 13.1 Å². The number of nitrogens with zero attached hydrogens (tertiary/aromatic N) is 2. The molecular weight excluding hydrogens is 243 g/mol. The Hall–Kier alpha value is -0.800. The highest BCUT2D eigenvalue weighted by Gasteiger charge is 2.28. The second kappa shape index (κ2) is 7.59. The van der Waals surface area contributed by atoms with E-state index >= 15 is 0 Å². The van der Waals surface area contributed by atoms with Gasteiger partial charge < -0.3 is 4.90 Å². The van der Waals surface area contributed by atoms with Gasteiger partial charge in [0.2, 0.25) is 0 Å². The third-order valence-corrected chi connectivity index (χ3v) is 2.78. The van der Waals surface area contributed by atoms with Crippen LogP contribution in [0.3, 0.4) is 0 Å². The molecule has 0 bridgehead atoms. The standard InChI is InChI=1S/C12H22F3N3/c1-4-7-17-11(2,10-16)5-8-18(3)9-6-12(13,14)15/h17H,4-9H2,1-3H3. The second-order valence-electron chi connectivity index (χ2n) is 4.79. The summed E-state index contributed by atoms with van der Waals surface area (Å²) in [7, 11) is 1.64. The number of nitriles is 1.